The number of nitrogens with one attached hydrogen (secondary N) is 1. The van der Waals surface area contributed by atoms with E-state index in [-0.39, 0.29) is 11.4 Å². The van der Waals surface area contributed by atoms with Crippen molar-refractivity contribution in [3.8, 4) is 0 Å². The molecule has 0 saturated carbocycles. The van der Waals surface area contributed by atoms with E-state index in [0.29, 0.717) is 6.54 Å². The van der Waals surface area contributed by atoms with Gasteiger partial charge in [0.15, 0.2) is 0 Å². The third-order valence-electron chi connectivity index (χ3n) is 1.59. The highest BCUT2D eigenvalue weighted by Gasteiger charge is 2.13. The molecular weight excluding hydrogens is 178 g/mol. The van der Waals surface area contributed by atoms with Crippen LogP contribution in [0.15, 0.2) is 22.6 Å². The summed E-state index contributed by atoms with van der Waals surface area (Å²) >= 11 is 0. The molecule has 5 heteroatoms. The zero-order chi connectivity index (χ0) is 9.19. The largest absolute Gasteiger partial charge is 0.308 e. The summed E-state index contributed by atoms with van der Waals surface area (Å²) in [6.07, 6.45) is 3.10. The Labute approximate surface area is 71.7 Å². The minimum absolute atomic E-state index is 0.0133. The van der Waals surface area contributed by atoms with Gasteiger partial charge >= 0.3 is 0 Å². The molecule has 2 N–H and O–H groups in total. The summed E-state index contributed by atoms with van der Waals surface area (Å²) in [6.45, 7) is 2.72. The number of allylic oxidation sites excluding steroid dienone is 2. The Kier molecular flexibility index (Phi) is 2.66. The third-order valence-corrected chi connectivity index (χ3v) is 2.53. The summed E-state index contributed by atoms with van der Waals surface area (Å²) in [5.41, 5.74) is 1.04. The Morgan fingerprint density at radius 3 is 2.67 bits per heavy atom. The molecule has 0 aromatic heterocycles. The van der Waals surface area contributed by atoms with Crippen molar-refractivity contribution in [2.24, 2.45) is 0 Å². The summed E-state index contributed by atoms with van der Waals surface area (Å²) < 4.78 is 30.0. The van der Waals surface area contributed by atoms with Crippen LogP contribution in [0.2, 0.25) is 0 Å². The highest BCUT2D eigenvalue weighted by Crippen LogP contribution is 2.07. The lowest BCUT2D eigenvalue weighted by Crippen LogP contribution is -2.20. The normalized spacial score (nSPS) is 19.5. The smallest absolute Gasteiger partial charge is 0.291 e. The van der Waals surface area contributed by atoms with E-state index in [0.717, 1.165) is 5.57 Å². The quantitative estimate of drug-likeness (QED) is 0.582. The standard InChI is InChI=1S/C7H11NO3S/c1-6-2-3-7(5-8-4-6)12(9,10)11/h2-3,8H,4-5H2,1H3,(H,9,10,11). The molecule has 0 fully saturated rings. The van der Waals surface area contributed by atoms with Gasteiger partial charge in [-0.15, -0.1) is 0 Å². The molecule has 0 bridgehead atoms. The average molecular weight is 189 g/mol. The van der Waals surface area contributed by atoms with Crippen LogP contribution in [0, 0.1) is 0 Å². The van der Waals surface area contributed by atoms with Crippen LogP contribution in [0.1, 0.15) is 6.92 Å². The van der Waals surface area contributed by atoms with Crippen LogP contribution >= 0.6 is 0 Å². The molecule has 0 amide bonds. The Morgan fingerprint density at radius 2 is 2.08 bits per heavy atom. The second-order valence-corrected chi connectivity index (χ2v) is 4.20. The van der Waals surface area contributed by atoms with Crippen LogP contribution < -0.4 is 5.32 Å². The van der Waals surface area contributed by atoms with Crippen LogP contribution in [0.5, 0.6) is 0 Å². The first-order chi connectivity index (χ1) is 5.50. The van der Waals surface area contributed by atoms with Gasteiger partial charge in [-0.3, -0.25) is 4.55 Å². The molecule has 68 valence electrons. The minimum Gasteiger partial charge on any atom is -0.308 e. The fraction of sp³-hybridized carbons (Fsp3) is 0.429. The minimum atomic E-state index is -4.02. The van der Waals surface area contributed by atoms with Gasteiger partial charge in [0.2, 0.25) is 0 Å². The second kappa shape index (κ2) is 3.38. The van der Waals surface area contributed by atoms with Crippen molar-refractivity contribution < 1.29 is 13.0 Å². The zero-order valence-electron chi connectivity index (χ0n) is 6.74. The van der Waals surface area contributed by atoms with Crippen molar-refractivity contribution in [1.29, 1.82) is 0 Å². The monoisotopic (exact) mass is 189 g/mol. The van der Waals surface area contributed by atoms with Crippen molar-refractivity contribution in [3.05, 3.63) is 22.6 Å². The SMILES string of the molecule is CC1=CC=C(S(=O)(=O)O)CNC1. The Bertz CT molecular complexity index is 327. The van der Waals surface area contributed by atoms with E-state index in [2.05, 4.69) is 5.32 Å². The van der Waals surface area contributed by atoms with Crippen LogP contribution in [-0.4, -0.2) is 26.1 Å². The van der Waals surface area contributed by atoms with E-state index in [1.807, 2.05) is 6.92 Å². The van der Waals surface area contributed by atoms with Gasteiger partial charge in [0.05, 0.1) is 4.91 Å². The number of hydrogen-bond donors (Lipinski definition) is 2. The molecule has 0 aliphatic carbocycles. The van der Waals surface area contributed by atoms with Gasteiger partial charge in [0.25, 0.3) is 10.1 Å². The Balaban J connectivity index is 2.94. The summed E-state index contributed by atoms with van der Waals surface area (Å²) in [5, 5.41) is 2.88. The molecule has 12 heavy (non-hydrogen) atoms. The van der Waals surface area contributed by atoms with E-state index in [4.69, 9.17) is 4.55 Å². The van der Waals surface area contributed by atoms with Gasteiger partial charge in [-0.1, -0.05) is 11.6 Å². The highest BCUT2D eigenvalue weighted by molar-refractivity contribution is 7.89. The molecule has 0 atom stereocenters. The molecule has 0 aromatic rings. The molecule has 1 aliphatic rings. The summed E-state index contributed by atoms with van der Waals surface area (Å²) in [6, 6.07) is 0. The summed E-state index contributed by atoms with van der Waals surface area (Å²) in [7, 11) is -4.02. The molecule has 0 saturated heterocycles. The highest BCUT2D eigenvalue weighted by atomic mass is 32.2. The molecule has 1 aliphatic heterocycles. The third kappa shape index (κ3) is 2.44. The molecule has 0 spiro atoms. The van der Waals surface area contributed by atoms with Crippen LogP contribution in [0.25, 0.3) is 0 Å². The molecular formula is C7H11NO3S. The summed E-state index contributed by atoms with van der Waals surface area (Å²) in [4.78, 5) is 0.0133. The Hall–Kier alpha value is -0.650. The van der Waals surface area contributed by atoms with Crippen molar-refractivity contribution in [2.45, 2.75) is 6.92 Å². The van der Waals surface area contributed by atoms with E-state index >= 15 is 0 Å². The fourth-order valence-corrected chi connectivity index (χ4v) is 1.44. The van der Waals surface area contributed by atoms with Gasteiger partial charge in [0.1, 0.15) is 0 Å². The molecule has 4 nitrogen and oxygen atoms in total. The molecule has 0 aromatic carbocycles. The Morgan fingerprint density at radius 1 is 1.42 bits per heavy atom. The lowest BCUT2D eigenvalue weighted by molar-refractivity contribution is 0.489. The predicted molar refractivity (Wildman–Crippen MR) is 46.3 cm³/mol. The van der Waals surface area contributed by atoms with Crippen molar-refractivity contribution in [1.82, 2.24) is 5.32 Å². The number of rotatable bonds is 1. The molecule has 0 unspecified atom stereocenters. The summed E-state index contributed by atoms with van der Waals surface area (Å²) in [5.74, 6) is 0. The van der Waals surface area contributed by atoms with Crippen LogP contribution in [-0.2, 0) is 10.1 Å². The van der Waals surface area contributed by atoms with Crippen LogP contribution in [0.4, 0.5) is 0 Å². The lowest BCUT2D eigenvalue weighted by atomic mass is 10.3. The topological polar surface area (TPSA) is 66.4 Å². The predicted octanol–water partition coefficient (Wildman–Crippen LogP) is 0.308. The van der Waals surface area contributed by atoms with E-state index < -0.39 is 10.1 Å². The van der Waals surface area contributed by atoms with Gasteiger partial charge < -0.3 is 5.32 Å². The van der Waals surface area contributed by atoms with Gasteiger partial charge in [-0.25, -0.2) is 0 Å². The first kappa shape index (κ1) is 9.44. The van der Waals surface area contributed by atoms with Crippen molar-refractivity contribution in [2.75, 3.05) is 13.1 Å². The van der Waals surface area contributed by atoms with E-state index in [1.165, 1.54) is 6.08 Å². The van der Waals surface area contributed by atoms with Gasteiger partial charge in [-0.05, 0) is 13.0 Å². The van der Waals surface area contributed by atoms with Gasteiger partial charge in [0, 0.05) is 13.1 Å². The molecule has 1 rings (SSSR count). The van der Waals surface area contributed by atoms with Gasteiger partial charge in [-0.2, -0.15) is 8.42 Å². The second-order valence-electron chi connectivity index (χ2n) is 2.72. The van der Waals surface area contributed by atoms with E-state index in [9.17, 15) is 8.42 Å². The molecule has 0 radical (unpaired) electrons. The fourth-order valence-electron chi connectivity index (χ4n) is 0.913. The lowest BCUT2D eigenvalue weighted by Gasteiger charge is -2.01. The van der Waals surface area contributed by atoms with Crippen LogP contribution in [0.3, 0.4) is 0 Å². The maximum absolute atomic E-state index is 10.7. The zero-order valence-corrected chi connectivity index (χ0v) is 7.56. The maximum atomic E-state index is 10.7. The first-order valence-corrected chi connectivity index (χ1v) is 4.98. The number of hydrogen-bond acceptors (Lipinski definition) is 3. The molecule has 1 heterocycles. The maximum Gasteiger partial charge on any atom is 0.291 e. The average Bonchev–Trinajstić information content (AvgIpc) is 2.11. The van der Waals surface area contributed by atoms with Crippen molar-refractivity contribution >= 4 is 10.1 Å². The van der Waals surface area contributed by atoms with E-state index in [1.54, 1.807) is 6.08 Å². The van der Waals surface area contributed by atoms with Crippen molar-refractivity contribution in [3.63, 3.8) is 0 Å². The first-order valence-electron chi connectivity index (χ1n) is 3.54.